The van der Waals surface area contributed by atoms with Gasteiger partial charge in [0.25, 0.3) is 5.91 Å². The van der Waals surface area contributed by atoms with Crippen LogP contribution in [0.4, 0.5) is 0 Å². The van der Waals surface area contributed by atoms with Crippen molar-refractivity contribution in [2.24, 2.45) is 0 Å². The first-order valence-corrected chi connectivity index (χ1v) is 7.53. The van der Waals surface area contributed by atoms with Gasteiger partial charge in [-0.1, -0.05) is 24.3 Å². The van der Waals surface area contributed by atoms with Gasteiger partial charge in [-0.2, -0.15) is 0 Å². The first kappa shape index (κ1) is 13.6. The zero-order chi connectivity index (χ0) is 14.5. The molecule has 0 aliphatic rings. The summed E-state index contributed by atoms with van der Waals surface area (Å²) in [6, 6.07) is 13.6. The Bertz CT molecular complexity index is 705. The quantitative estimate of drug-likeness (QED) is 0.785. The van der Waals surface area contributed by atoms with Gasteiger partial charge in [-0.05, 0) is 30.0 Å². The van der Waals surface area contributed by atoms with Crippen molar-refractivity contribution >= 4 is 17.2 Å². The molecule has 0 radical (unpaired) electrons. The van der Waals surface area contributed by atoms with Crippen LogP contribution in [0.5, 0.6) is 0 Å². The van der Waals surface area contributed by atoms with Gasteiger partial charge in [0.15, 0.2) is 0 Å². The minimum absolute atomic E-state index is 0.235. The minimum atomic E-state index is -0.235. The molecule has 0 aliphatic carbocycles. The molecule has 21 heavy (non-hydrogen) atoms. The summed E-state index contributed by atoms with van der Waals surface area (Å²) < 4.78 is 5.50. The van der Waals surface area contributed by atoms with Gasteiger partial charge >= 0.3 is 0 Å². The maximum Gasteiger partial charge on any atom is 0.288 e. The van der Waals surface area contributed by atoms with Crippen molar-refractivity contribution in [1.29, 1.82) is 0 Å². The second-order valence-corrected chi connectivity index (χ2v) is 5.51. The Morgan fingerprint density at radius 2 is 2.05 bits per heavy atom. The molecule has 1 amide bonds. The maximum absolute atomic E-state index is 12.0. The van der Waals surface area contributed by atoms with E-state index in [-0.39, 0.29) is 11.7 Å². The van der Waals surface area contributed by atoms with E-state index >= 15 is 0 Å². The fourth-order valence-corrected chi connectivity index (χ4v) is 2.64. The van der Waals surface area contributed by atoms with Crippen molar-refractivity contribution in [3.8, 4) is 11.5 Å². The summed E-state index contributed by atoms with van der Waals surface area (Å²) in [4.78, 5) is 17.4. The van der Waals surface area contributed by atoms with Crippen molar-refractivity contribution in [3.63, 3.8) is 0 Å². The highest BCUT2D eigenvalue weighted by molar-refractivity contribution is 7.09. The molecule has 0 bridgehead atoms. The molecular weight excluding hydrogens is 284 g/mol. The summed E-state index contributed by atoms with van der Waals surface area (Å²) in [7, 11) is 0. The largest absolute Gasteiger partial charge is 0.431 e. The van der Waals surface area contributed by atoms with Crippen LogP contribution in [0.3, 0.4) is 0 Å². The number of hydrogen-bond acceptors (Lipinski definition) is 4. The van der Waals surface area contributed by atoms with E-state index in [1.807, 2.05) is 41.8 Å². The SMILES string of the molecule is O=C(NCCc1cccs1)c1cnc(-c2ccccc2)o1. The molecule has 2 aromatic heterocycles. The lowest BCUT2D eigenvalue weighted by atomic mass is 10.2. The first-order chi connectivity index (χ1) is 10.3. The molecule has 0 saturated carbocycles. The smallest absolute Gasteiger partial charge is 0.288 e. The molecule has 0 saturated heterocycles. The highest BCUT2D eigenvalue weighted by atomic mass is 32.1. The third kappa shape index (κ3) is 3.38. The number of rotatable bonds is 5. The molecule has 4 nitrogen and oxygen atoms in total. The monoisotopic (exact) mass is 298 g/mol. The summed E-state index contributed by atoms with van der Waals surface area (Å²) in [5.41, 5.74) is 0.857. The first-order valence-electron chi connectivity index (χ1n) is 6.65. The van der Waals surface area contributed by atoms with E-state index < -0.39 is 0 Å². The van der Waals surface area contributed by atoms with E-state index in [4.69, 9.17) is 4.42 Å². The van der Waals surface area contributed by atoms with Gasteiger partial charge in [-0.25, -0.2) is 4.98 Å². The lowest BCUT2D eigenvalue weighted by Crippen LogP contribution is -2.25. The molecular formula is C16H14N2O2S. The molecule has 0 spiro atoms. The van der Waals surface area contributed by atoms with Gasteiger partial charge < -0.3 is 9.73 Å². The molecule has 1 aromatic carbocycles. The predicted octanol–water partition coefficient (Wildman–Crippen LogP) is 3.38. The van der Waals surface area contributed by atoms with E-state index in [0.717, 1.165) is 12.0 Å². The molecule has 2 heterocycles. The molecule has 3 rings (SSSR count). The van der Waals surface area contributed by atoms with Crippen LogP contribution < -0.4 is 5.32 Å². The molecule has 5 heteroatoms. The van der Waals surface area contributed by atoms with Crippen LogP contribution in [0, 0.1) is 0 Å². The van der Waals surface area contributed by atoms with Crippen LogP contribution in [0.2, 0.25) is 0 Å². The number of carbonyl (C=O) groups excluding carboxylic acids is 1. The topological polar surface area (TPSA) is 55.1 Å². The summed E-state index contributed by atoms with van der Waals surface area (Å²) in [5, 5.41) is 4.86. The zero-order valence-electron chi connectivity index (χ0n) is 11.3. The fourth-order valence-electron chi connectivity index (χ4n) is 1.93. The van der Waals surface area contributed by atoms with Crippen LogP contribution in [-0.2, 0) is 6.42 Å². The number of amides is 1. The Balaban J connectivity index is 1.59. The van der Waals surface area contributed by atoms with E-state index in [0.29, 0.717) is 12.4 Å². The average molecular weight is 298 g/mol. The van der Waals surface area contributed by atoms with Crippen molar-refractivity contribution in [1.82, 2.24) is 10.3 Å². The Kier molecular flexibility index (Phi) is 4.12. The van der Waals surface area contributed by atoms with Crippen LogP contribution in [0.25, 0.3) is 11.5 Å². The number of nitrogens with zero attached hydrogens (tertiary/aromatic N) is 1. The Labute approximate surface area is 126 Å². The number of carbonyl (C=O) groups is 1. The number of hydrogen-bond donors (Lipinski definition) is 1. The number of benzene rings is 1. The van der Waals surface area contributed by atoms with Crippen molar-refractivity contribution in [2.75, 3.05) is 6.54 Å². The van der Waals surface area contributed by atoms with Gasteiger partial charge in [-0.15, -0.1) is 11.3 Å². The molecule has 0 unspecified atom stereocenters. The van der Waals surface area contributed by atoms with Crippen LogP contribution in [0.15, 0.2) is 58.5 Å². The molecule has 1 N–H and O–H groups in total. The van der Waals surface area contributed by atoms with Gasteiger partial charge in [0.2, 0.25) is 11.7 Å². The number of nitrogens with one attached hydrogen (secondary N) is 1. The minimum Gasteiger partial charge on any atom is -0.431 e. The van der Waals surface area contributed by atoms with Gasteiger partial charge in [-0.3, -0.25) is 4.79 Å². The van der Waals surface area contributed by atoms with Crippen LogP contribution in [0.1, 0.15) is 15.4 Å². The molecule has 0 aliphatic heterocycles. The molecule has 0 atom stereocenters. The van der Waals surface area contributed by atoms with E-state index in [1.165, 1.54) is 11.1 Å². The third-order valence-corrected chi connectivity index (χ3v) is 3.92. The highest BCUT2D eigenvalue weighted by Crippen LogP contribution is 2.18. The summed E-state index contributed by atoms with van der Waals surface area (Å²) in [5.74, 6) is 0.459. The van der Waals surface area contributed by atoms with Gasteiger partial charge in [0.05, 0.1) is 6.20 Å². The number of aromatic nitrogens is 1. The normalized spacial score (nSPS) is 10.5. The van der Waals surface area contributed by atoms with Crippen LogP contribution in [-0.4, -0.2) is 17.4 Å². The van der Waals surface area contributed by atoms with Gasteiger partial charge in [0.1, 0.15) is 0 Å². The third-order valence-electron chi connectivity index (χ3n) is 2.99. The number of thiophene rings is 1. The van der Waals surface area contributed by atoms with E-state index in [1.54, 1.807) is 11.3 Å². The zero-order valence-corrected chi connectivity index (χ0v) is 12.1. The number of oxazole rings is 1. The average Bonchev–Trinajstić information content (AvgIpc) is 3.20. The van der Waals surface area contributed by atoms with Crippen molar-refractivity contribution < 1.29 is 9.21 Å². The second kappa shape index (κ2) is 6.37. The summed E-state index contributed by atoms with van der Waals surface area (Å²) in [6.07, 6.45) is 2.28. The Hall–Kier alpha value is -2.40. The Morgan fingerprint density at radius 3 is 2.81 bits per heavy atom. The standard InChI is InChI=1S/C16H14N2O2S/c19-15(17-9-8-13-7-4-10-21-13)14-11-18-16(20-14)12-5-2-1-3-6-12/h1-7,10-11H,8-9H2,(H,17,19). The van der Waals surface area contributed by atoms with Crippen LogP contribution >= 0.6 is 11.3 Å². The molecule has 106 valence electrons. The summed E-state index contributed by atoms with van der Waals surface area (Å²) in [6.45, 7) is 0.584. The lowest BCUT2D eigenvalue weighted by Gasteiger charge is -2.01. The van der Waals surface area contributed by atoms with Crippen molar-refractivity contribution in [2.45, 2.75) is 6.42 Å². The van der Waals surface area contributed by atoms with E-state index in [9.17, 15) is 4.79 Å². The molecule has 3 aromatic rings. The highest BCUT2D eigenvalue weighted by Gasteiger charge is 2.13. The fraction of sp³-hybridized carbons (Fsp3) is 0.125. The lowest BCUT2D eigenvalue weighted by molar-refractivity contribution is 0.0927. The second-order valence-electron chi connectivity index (χ2n) is 4.48. The van der Waals surface area contributed by atoms with Gasteiger partial charge in [0, 0.05) is 17.0 Å². The van der Waals surface area contributed by atoms with Crippen molar-refractivity contribution in [3.05, 3.63) is 64.7 Å². The Morgan fingerprint density at radius 1 is 1.19 bits per heavy atom. The maximum atomic E-state index is 12.0. The van der Waals surface area contributed by atoms with E-state index in [2.05, 4.69) is 16.4 Å². The molecule has 0 fully saturated rings. The predicted molar refractivity (Wildman–Crippen MR) is 82.3 cm³/mol. The summed E-state index contributed by atoms with van der Waals surface area (Å²) >= 11 is 1.68.